The van der Waals surface area contributed by atoms with Crippen molar-refractivity contribution in [3.05, 3.63) is 29.5 Å². The number of hydrogen-bond acceptors (Lipinski definition) is 5. The van der Waals surface area contributed by atoms with Crippen LogP contribution in [0.25, 0.3) is 6.08 Å². The number of aliphatic carboxylic acids is 1. The number of pyridine rings is 1. The van der Waals surface area contributed by atoms with Crippen LogP contribution in [0.5, 0.6) is 0 Å². The number of alkyl halides is 3. The lowest BCUT2D eigenvalue weighted by Crippen LogP contribution is -2.40. The summed E-state index contributed by atoms with van der Waals surface area (Å²) in [6.07, 6.45) is -1.43. The molecule has 1 unspecified atom stereocenters. The van der Waals surface area contributed by atoms with Crippen LogP contribution in [0.2, 0.25) is 0 Å². The van der Waals surface area contributed by atoms with E-state index < -0.39 is 29.7 Å². The van der Waals surface area contributed by atoms with E-state index >= 15 is 0 Å². The van der Waals surface area contributed by atoms with Crippen molar-refractivity contribution in [1.82, 2.24) is 4.98 Å². The maximum Gasteiger partial charge on any atom is 0.433 e. The quantitative estimate of drug-likeness (QED) is 0.632. The number of carbonyl (C=O) groups excluding carboxylic acids is 1. The molecule has 0 radical (unpaired) electrons. The van der Waals surface area contributed by atoms with Crippen molar-refractivity contribution in [2.24, 2.45) is 5.92 Å². The molecule has 2 heterocycles. The standard InChI is InChI=1S/C17H19F3N2O4/c1-2-26-16(25)12-4-3-9-22(10-12)15-11(6-8-14(23)24)5-7-13(21-15)17(18,19)20/h5-8,12H,2-4,9-10H2,1H3,(H,23,24). The van der Waals surface area contributed by atoms with Gasteiger partial charge in [0.25, 0.3) is 0 Å². The molecule has 0 amide bonds. The summed E-state index contributed by atoms with van der Waals surface area (Å²) in [6, 6.07) is 1.98. The lowest BCUT2D eigenvalue weighted by molar-refractivity contribution is -0.148. The summed E-state index contributed by atoms with van der Waals surface area (Å²) in [7, 11) is 0. The minimum absolute atomic E-state index is 0.00586. The Kier molecular flexibility index (Phi) is 6.23. The van der Waals surface area contributed by atoms with Crippen LogP contribution in [0.15, 0.2) is 18.2 Å². The first-order chi connectivity index (χ1) is 12.2. The normalized spacial score (nSPS) is 18.2. The number of rotatable bonds is 5. The molecule has 0 aliphatic carbocycles. The SMILES string of the molecule is CCOC(=O)C1CCCN(c2nc(C(F)(F)F)ccc2C=CC(=O)O)C1. The van der Waals surface area contributed by atoms with E-state index in [-0.39, 0.29) is 24.5 Å². The fraction of sp³-hybridized carbons (Fsp3) is 0.471. The van der Waals surface area contributed by atoms with Crippen molar-refractivity contribution in [2.45, 2.75) is 25.9 Å². The minimum Gasteiger partial charge on any atom is -0.478 e. The number of carboxylic acids is 1. The highest BCUT2D eigenvalue weighted by Crippen LogP contribution is 2.32. The Labute approximate surface area is 148 Å². The number of ether oxygens (including phenoxy) is 1. The highest BCUT2D eigenvalue weighted by Gasteiger charge is 2.34. The number of piperidine rings is 1. The Bertz CT molecular complexity index is 704. The van der Waals surface area contributed by atoms with E-state index in [1.165, 1.54) is 12.1 Å². The maximum atomic E-state index is 13.0. The number of aromatic nitrogens is 1. The second-order valence-electron chi connectivity index (χ2n) is 5.82. The summed E-state index contributed by atoms with van der Waals surface area (Å²) in [6.45, 7) is 2.49. The molecule has 1 N–H and O–H groups in total. The Morgan fingerprint density at radius 2 is 2.15 bits per heavy atom. The van der Waals surface area contributed by atoms with E-state index in [9.17, 15) is 22.8 Å². The number of anilines is 1. The number of hydrogen-bond donors (Lipinski definition) is 1. The Balaban J connectivity index is 2.37. The van der Waals surface area contributed by atoms with E-state index in [2.05, 4.69) is 4.98 Å². The molecule has 0 spiro atoms. The fourth-order valence-electron chi connectivity index (χ4n) is 2.78. The zero-order chi connectivity index (χ0) is 19.3. The van der Waals surface area contributed by atoms with E-state index in [0.29, 0.717) is 19.4 Å². The van der Waals surface area contributed by atoms with Gasteiger partial charge in [-0.1, -0.05) is 0 Å². The molecular formula is C17H19F3N2O4. The largest absolute Gasteiger partial charge is 0.478 e. The van der Waals surface area contributed by atoms with Crippen molar-refractivity contribution >= 4 is 23.8 Å². The van der Waals surface area contributed by atoms with Gasteiger partial charge in [0.2, 0.25) is 0 Å². The molecular weight excluding hydrogens is 353 g/mol. The number of halogens is 3. The molecule has 1 fully saturated rings. The highest BCUT2D eigenvalue weighted by atomic mass is 19.4. The van der Waals surface area contributed by atoms with Gasteiger partial charge in [-0.05, 0) is 38.0 Å². The van der Waals surface area contributed by atoms with Gasteiger partial charge >= 0.3 is 18.1 Å². The first kappa shape index (κ1) is 19.7. The van der Waals surface area contributed by atoms with E-state index in [1.54, 1.807) is 11.8 Å². The van der Waals surface area contributed by atoms with Gasteiger partial charge in [0, 0.05) is 24.7 Å². The summed E-state index contributed by atoms with van der Waals surface area (Å²) in [5.74, 6) is -2.08. The van der Waals surface area contributed by atoms with Crippen LogP contribution in [-0.2, 0) is 20.5 Å². The van der Waals surface area contributed by atoms with E-state index in [0.717, 1.165) is 12.1 Å². The summed E-state index contributed by atoms with van der Waals surface area (Å²) < 4.78 is 44.1. The van der Waals surface area contributed by atoms with Crippen molar-refractivity contribution in [2.75, 3.05) is 24.6 Å². The lowest BCUT2D eigenvalue weighted by Gasteiger charge is -2.33. The Morgan fingerprint density at radius 3 is 2.77 bits per heavy atom. The first-order valence-electron chi connectivity index (χ1n) is 8.13. The third-order valence-corrected chi connectivity index (χ3v) is 3.94. The molecule has 1 saturated heterocycles. The summed E-state index contributed by atoms with van der Waals surface area (Å²) in [4.78, 5) is 28.0. The molecule has 0 bridgehead atoms. The monoisotopic (exact) mass is 372 g/mol. The van der Waals surface area contributed by atoms with Crippen LogP contribution in [-0.4, -0.2) is 41.7 Å². The predicted molar refractivity (Wildman–Crippen MR) is 87.5 cm³/mol. The third kappa shape index (κ3) is 4.96. The van der Waals surface area contributed by atoms with E-state index in [4.69, 9.17) is 9.84 Å². The predicted octanol–water partition coefficient (Wildman–Crippen LogP) is 2.98. The van der Waals surface area contributed by atoms with Crippen LogP contribution in [0, 0.1) is 5.92 Å². The minimum atomic E-state index is -4.62. The molecule has 142 valence electrons. The molecule has 0 aromatic carbocycles. The average Bonchev–Trinajstić information content (AvgIpc) is 2.59. The number of esters is 1. The number of nitrogens with zero attached hydrogens (tertiary/aromatic N) is 2. The van der Waals surface area contributed by atoms with E-state index in [1.807, 2.05) is 0 Å². The lowest BCUT2D eigenvalue weighted by atomic mass is 9.97. The molecule has 1 aliphatic rings. The van der Waals surface area contributed by atoms with Crippen LogP contribution in [0.4, 0.5) is 19.0 Å². The van der Waals surface area contributed by atoms with Crippen molar-refractivity contribution < 1.29 is 32.6 Å². The Hall–Kier alpha value is -2.58. The zero-order valence-electron chi connectivity index (χ0n) is 14.1. The van der Waals surface area contributed by atoms with Crippen LogP contribution in [0.3, 0.4) is 0 Å². The Morgan fingerprint density at radius 1 is 1.42 bits per heavy atom. The summed E-state index contributed by atoms with van der Waals surface area (Å²) in [5, 5.41) is 8.77. The van der Waals surface area contributed by atoms with Crippen molar-refractivity contribution in [1.29, 1.82) is 0 Å². The molecule has 2 rings (SSSR count). The van der Waals surface area contributed by atoms with Gasteiger partial charge in [-0.3, -0.25) is 4.79 Å². The molecule has 26 heavy (non-hydrogen) atoms. The van der Waals surface area contributed by atoms with Crippen LogP contribution in [0.1, 0.15) is 31.0 Å². The molecule has 1 aromatic rings. The molecule has 0 saturated carbocycles. The molecule has 1 aliphatic heterocycles. The molecule has 1 aromatic heterocycles. The molecule has 1 atom stereocenters. The van der Waals surface area contributed by atoms with Gasteiger partial charge in [0.15, 0.2) is 0 Å². The fourth-order valence-corrected chi connectivity index (χ4v) is 2.78. The van der Waals surface area contributed by atoms with Gasteiger partial charge in [-0.2, -0.15) is 13.2 Å². The average molecular weight is 372 g/mol. The van der Waals surface area contributed by atoms with Crippen LogP contribution >= 0.6 is 0 Å². The van der Waals surface area contributed by atoms with Crippen LogP contribution < -0.4 is 4.90 Å². The van der Waals surface area contributed by atoms with Gasteiger partial charge in [0.1, 0.15) is 11.5 Å². The van der Waals surface area contributed by atoms with Gasteiger partial charge in [0.05, 0.1) is 12.5 Å². The second kappa shape index (κ2) is 8.20. The number of carbonyl (C=O) groups is 2. The first-order valence-corrected chi connectivity index (χ1v) is 8.13. The molecule has 9 heteroatoms. The van der Waals surface area contributed by atoms with Gasteiger partial charge < -0.3 is 14.7 Å². The smallest absolute Gasteiger partial charge is 0.433 e. The highest BCUT2D eigenvalue weighted by molar-refractivity contribution is 5.86. The van der Waals surface area contributed by atoms with Crippen molar-refractivity contribution in [3.8, 4) is 0 Å². The second-order valence-corrected chi connectivity index (χ2v) is 5.82. The summed E-state index contributed by atoms with van der Waals surface area (Å²) in [5.41, 5.74) is -0.830. The summed E-state index contributed by atoms with van der Waals surface area (Å²) >= 11 is 0. The topological polar surface area (TPSA) is 79.7 Å². The van der Waals surface area contributed by atoms with Gasteiger partial charge in [-0.15, -0.1) is 0 Å². The number of carboxylic acid groups (broad SMARTS) is 1. The third-order valence-electron chi connectivity index (χ3n) is 3.94. The molecule has 6 nitrogen and oxygen atoms in total. The zero-order valence-corrected chi connectivity index (χ0v) is 14.1. The van der Waals surface area contributed by atoms with Gasteiger partial charge in [-0.25, -0.2) is 9.78 Å². The maximum absolute atomic E-state index is 13.0. The van der Waals surface area contributed by atoms with Crippen molar-refractivity contribution in [3.63, 3.8) is 0 Å².